The number of aliphatic hydroxyl groups is 2. The minimum atomic E-state index is -0.648. The molecule has 0 heterocycles. The summed E-state index contributed by atoms with van der Waals surface area (Å²) in [6, 6.07) is -0.524. The SMILES string of the molecule is CCCCCCCCCCCCCC(=O)NC(CO)C(O)CCCCCCCCCCCC. The monoisotopic (exact) mass is 469 g/mol. The number of aliphatic hydroxyl groups excluding tert-OH is 2. The van der Waals surface area contributed by atoms with E-state index >= 15 is 0 Å². The first-order valence-corrected chi connectivity index (χ1v) is 14.7. The van der Waals surface area contributed by atoms with Crippen LogP contribution in [0.3, 0.4) is 0 Å². The summed E-state index contributed by atoms with van der Waals surface area (Å²) >= 11 is 0. The highest BCUT2D eigenvalue weighted by atomic mass is 16.3. The van der Waals surface area contributed by atoms with Gasteiger partial charge in [0.05, 0.1) is 18.8 Å². The maximum absolute atomic E-state index is 12.2. The smallest absolute Gasteiger partial charge is 0.220 e. The average Bonchev–Trinajstić information content (AvgIpc) is 2.82. The summed E-state index contributed by atoms with van der Waals surface area (Å²) in [6.45, 7) is 4.31. The van der Waals surface area contributed by atoms with Gasteiger partial charge in [0, 0.05) is 6.42 Å². The van der Waals surface area contributed by atoms with Gasteiger partial charge < -0.3 is 15.5 Å². The van der Waals surface area contributed by atoms with Crippen molar-refractivity contribution in [2.75, 3.05) is 6.61 Å². The predicted molar refractivity (Wildman–Crippen MR) is 143 cm³/mol. The van der Waals surface area contributed by atoms with Crippen LogP contribution >= 0.6 is 0 Å². The van der Waals surface area contributed by atoms with Gasteiger partial charge in [-0.15, -0.1) is 0 Å². The molecule has 3 N–H and O–H groups in total. The third-order valence-corrected chi connectivity index (χ3v) is 6.87. The zero-order chi connectivity index (χ0) is 24.4. The lowest BCUT2D eigenvalue weighted by molar-refractivity contribution is -0.123. The molecular formula is C29H59NO3. The van der Waals surface area contributed by atoms with Gasteiger partial charge in [-0.3, -0.25) is 4.79 Å². The van der Waals surface area contributed by atoms with E-state index in [0.717, 1.165) is 25.7 Å². The number of amides is 1. The molecule has 0 saturated heterocycles. The number of hydrogen-bond donors (Lipinski definition) is 3. The van der Waals surface area contributed by atoms with E-state index in [-0.39, 0.29) is 12.5 Å². The zero-order valence-corrected chi connectivity index (χ0v) is 22.4. The average molecular weight is 470 g/mol. The van der Waals surface area contributed by atoms with E-state index in [1.54, 1.807) is 0 Å². The van der Waals surface area contributed by atoms with Gasteiger partial charge in [-0.05, 0) is 12.8 Å². The Kier molecular flexibility index (Phi) is 25.5. The van der Waals surface area contributed by atoms with E-state index in [1.165, 1.54) is 109 Å². The molecule has 0 bridgehead atoms. The van der Waals surface area contributed by atoms with Gasteiger partial charge in [0.2, 0.25) is 5.91 Å². The number of nitrogens with one attached hydrogen (secondary N) is 1. The Morgan fingerprint density at radius 1 is 0.606 bits per heavy atom. The van der Waals surface area contributed by atoms with E-state index in [9.17, 15) is 15.0 Å². The summed E-state index contributed by atoms with van der Waals surface area (Å²) in [5, 5.41) is 22.8. The minimum Gasteiger partial charge on any atom is -0.394 e. The van der Waals surface area contributed by atoms with Crippen molar-refractivity contribution in [3.63, 3.8) is 0 Å². The molecule has 0 radical (unpaired) electrons. The quantitative estimate of drug-likeness (QED) is 0.113. The van der Waals surface area contributed by atoms with Crippen LogP contribution in [-0.4, -0.2) is 34.9 Å². The fraction of sp³-hybridized carbons (Fsp3) is 0.966. The topological polar surface area (TPSA) is 69.6 Å². The second-order valence-corrected chi connectivity index (χ2v) is 10.2. The van der Waals surface area contributed by atoms with E-state index < -0.39 is 12.1 Å². The van der Waals surface area contributed by atoms with Crippen molar-refractivity contribution in [3.05, 3.63) is 0 Å². The normalized spacial score (nSPS) is 13.2. The van der Waals surface area contributed by atoms with Crippen molar-refractivity contribution < 1.29 is 15.0 Å². The van der Waals surface area contributed by atoms with E-state index in [1.807, 2.05) is 0 Å². The lowest BCUT2D eigenvalue weighted by Gasteiger charge is -2.22. The van der Waals surface area contributed by atoms with Crippen molar-refractivity contribution in [2.24, 2.45) is 0 Å². The van der Waals surface area contributed by atoms with Gasteiger partial charge in [-0.1, -0.05) is 142 Å². The van der Waals surface area contributed by atoms with Crippen molar-refractivity contribution in [3.8, 4) is 0 Å². The number of rotatable bonds is 26. The van der Waals surface area contributed by atoms with Crippen LogP contribution in [0.1, 0.15) is 162 Å². The lowest BCUT2D eigenvalue weighted by atomic mass is 10.0. The number of carbonyl (C=O) groups is 1. The van der Waals surface area contributed by atoms with E-state index in [2.05, 4.69) is 19.2 Å². The molecule has 0 aromatic carbocycles. The maximum Gasteiger partial charge on any atom is 0.220 e. The highest BCUT2D eigenvalue weighted by Crippen LogP contribution is 2.14. The number of carbonyl (C=O) groups excluding carboxylic acids is 1. The molecule has 2 atom stereocenters. The first-order valence-electron chi connectivity index (χ1n) is 14.7. The standard InChI is InChI=1S/C29H59NO3/c1-3-5-7-9-11-13-15-17-19-21-23-25-29(33)30-27(26-31)28(32)24-22-20-18-16-14-12-10-8-6-4-2/h27-28,31-32H,3-26H2,1-2H3,(H,30,33). The van der Waals surface area contributed by atoms with Crippen LogP contribution in [0.15, 0.2) is 0 Å². The molecule has 33 heavy (non-hydrogen) atoms. The van der Waals surface area contributed by atoms with Crippen molar-refractivity contribution >= 4 is 5.91 Å². The number of hydrogen-bond acceptors (Lipinski definition) is 3. The fourth-order valence-corrected chi connectivity index (χ4v) is 4.53. The molecule has 0 fully saturated rings. The van der Waals surface area contributed by atoms with Crippen molar-refractivity contribution in [1.29, 1.82) is 0 Å². The molecule has 0 aliphatic heterocycles. The molecule has 0 aliphatic carbocycles. The molecule has 4 heteroatoms. The highest BCUT2D eigenvalue weighted by Gasteiger charge is 2.19. The molecule has 0 rings (SSSR count). The van der Waals surface area contributed by atoms with Crippen LogP contribution in [0.2, 0.25) is 0 Å². The van der Waals surface area contributed by atoms with Gasteiger partial charge in [0.25, 0.3) is 0 Å². The first kappa shape index (κ1) is 32.4. The molecular weight excluding hydrogens is 410 g/mol. The van der Waals surface area contributed by atoms with Gasteiger partial charge in [-0.25, -0.2) is 0 Å². The minimum absolute atomic E-state index is 0.0351. The van der Waals surface area contributed by atoms with Gasteiger partial charge in [0.15, 0.2) is 0 Å². The van der Waals surface area contributed by atoms with E-state index in [4.69, 9.17) is 0 Å². The molecule has 4 nitrogen and oxygen atoms in total. The van der Waals surface area contributed by atoms with Crippen LogP contribution in [-0.2, 0) is 4.79 Å². The molecule has 0 aromatic rings. The van der Waals surface area contributed by atoms with Crippen molar-refractivity contribution in [2.45, 2.75) is 174 Å². The molecule has 0 aromatic heterocycles. The predicted octanol–water partition coefficient (Wildman–Crippen LogP) is 7.84. The summed E-state index contributed by atoms with van der Waals surface area (Å²) in [4.78, 5) is 12.2. The maximum atomic E-state index is 12.2. The summed E-state index contributed by atoms with van der Waals surface area (Å²) in [5.41, 5.74) is 0. The molecule has 0 saturated carbocycles. The highest BCUT2D eigenvalue weighted by molar-refractivity contribution is 5.76. The Hall–Kier alpha value is -0.610. The van der Waals surface area contributed by atoms with Crippen LogP contribution in [0.4, 0.5) is 0 Å². The summed E-state index contributed by atoms with van der Waals surface area (Å²) < 4.78 is 0. The second-order valence-electron chi connectivity index (χ2n) is 10.2. The Morgan fingerprint density at radius 2 is 0.970 bits per heavy atom. The van der Waals surface area contributed by atoms with Crippen LogP contribution in [0.5, 0.6) is 0 Å². The first-order chi connectivity index (χ1) is 16.2. The summed E-state index contributed by atoms with van der Waals surface area (Å²) in [6.07, 6.45) is 27.1. The fourth-order valence-electron chi connectivity index (χ4n) is 4.53. The summed E-state index contributed by atoms with van der Waals surface area (Å²) in [7, 11) is 0. The van der Waals surface area contributed by atoms with Crippen LogP contribution in [0.25, 0.3) is 0 Å². The number of unbranched alkanes of at least 4 members (excludes halogenated alkanes) is 19. The van der Waals surface area contributed by atoms with Crippen LogP contribution < -0.4 is 5.32 Å². The Morgan fingerprint density at radius 3 is 1.36 bits per heavy atom. The third kappa shape index (κ3) is 22.9. The van der Waals surface area contributed by atoms with E-state index in [0.29, 0.717) is 12.8 Å². The molecule has 1 amide bonds. The Bertz CT molecular complexity index is 402. The molecule has 2 unspecified atom stereocenters. The van der Waals surface area contributed by atoms with Crippen LogP contribution in [0, 0.1) is 0 Å². The Labute approximate surface area is 206 Å². The largest absolute Gasteiger partial charge is 0.394 e. The second kappa shape index (κ2) is 26.0. The zero-order valence-electron chi connectivity index (χ0n) is 22.4. The molecule has 0 aliphatic rings. The Balaban J connectivity index is 3.60. The lowest BCUT2D eigenvalue weighted by Crippen LogP contribution is -2.45. The van der Waals surface area contributed by atoms with Gasteiger partial charge in [-0.2, -0.15) is 0 Å². The molecule has 198 valence electrons. The van der Waals surface area contributed by atoms with Gasteiger partial charge >= 0.3 is 0 Å². The van der Waals surface area contributed by atoms with Crippen molar-refractivity contribution in [1.82, 2.24) is 5.32 Å². The third-order valence-electron chi connectivity index (χ3n) is 6.87. The molecule has 0 spiro atoms. The summed E-state index contributed by atoms with van der Waals surface area (Å²) in [5.74, 6) is -0.0351. The van der Waals surface area contributed by atoms with Gasteiger partial charge in [0.1, 0.15) is 0 Å².